The molecule has 0 atom stereocenters. The molecule has 3 N–H and O–H groups in total. The van der Waals surface area contributed by atoms with Gasteiger partial charge in [0.15, 0.2) is 17.3 Å². The molecule has 268 valence electrons. The van der Waals surface area contributed by atoms with Crippen molar-refractivity contribution < 1.29 is 29.7 Å². The minimum Gasteiger partial charge on any atom is -0.382 e. The Labute approximate surface area is 302 Å². The molecular weight excluding hydrogens is 636 g/mol. The van der Waals surface area contributed by atoms with Crippen molar-refractivity contribution in [2.45, 2.75) is 115 Å². The number of aliphatic hydroxyl groups is 3. The number of hydrogen-bond donors (Lipinski definition) is 3. The van der Waals surface area contributed by atoms with Crippen molar-refractivity contribution in [1.82, 2.24) is 0 Å². The highest BCUT2D eigenvalue weighted by atomic mass is 16.3. The van der Waals surface area contributed by atoms with Crippen LogP contribution in [0.1, 0.15) is 133 Å². The Morgan fingerprint density at radius 2 is 0.824 bits per heavy atom. The second kappa shape index (κ2) is 14.8. The first-order valence-electron chi connectivity index (χ1n) is 18.5. The summed E-state index contributed by atoms with van der Waals surface area (Å²) in [7, 11) is 0. The van der Waals surface area contributed by atoms with E-state index in [1.54, 1.807) is 24.3 Å². The first-order chi connectivity index (χ1) is 24.3. The summed E-state index contributed by atoms with van der Waals surface area (Å²) in [6.45, 7) is 10.9. The van der Waals surface area contributed by atoms with Gasteiger partial charge < -0.3 is 15.3 Å². The monoisotopic (exact) mass is 688 g/mol. The number of benzene rings is 4. The summed E-state index contributed by atoms with van der Waals surface area (Å²) in [4.78, 5) is 40.4. The maximum atomic E-state index is 13.8. The first kappa shape index (κ1) is 38.0. The van der Waals surface area contributed by atoms with Crippen LogP contribution in [0.5, 0.6) is 0 Å². The molecule has 4 aromatic rings. The molecule has 0 saturated heterocycles. The minimum atomic E-state index is -1.47. The Kier molecular flexibility index (Phi) is 11.0. The lowest BCUT2D eigenvalue weighted by Crippen LogP contribution is -2.38. The van der Waals surface area contributed by atoms with Gasteiger partial charge in [-0.15, -0.1) is 0 Å². The molecule has 0 amide bonds. The number of ketones is 3. The Balaban J connectivity index is 1.66. The molecule has 0 radical (unpaired) electrons. The van der Waals surface area contributed by atoms with E-state index >= 15 is 0 Å². The minimum absolute atomic E-state index is 0.291. The molecule has 51 heavy (non-hydrogen) atoms. The summed E-state index contributed by atoms with van der Waals surface area (Å²) in [5.41, 5.74) is 2.53. The van der Waals surface area contributed by atoms with Crippen molar-refractivity contribution in [2.24, 2.45) is 0 Å². The summed E-state index contributed by atoms with van der Waals surface area (Å²) in [5, 5.41) is 33.1. The highest BCUT2D eigenvalue weighted by molar-refractivity contribution is 6.04. The van der Waals surface area contributed by atoms with Gasteiger partial charge in [-0.05, 0) is 90.8 Å². The standard InChI is InChI=1S/C45H52O6/c1-7-43(49,8-2)39(46)32-21-17-30(18-22-32)28-42(29-31-19-23-33(24-20-31)40(47)44(50,9-3)10-4)37-16-14-13-15-35(37)36-26-25-34(27-38(36)42)41(48)45(51,11-5)12-6/h13-27,49-51H,7-12,28-29H2,1-6H3. The van der Waals surface area contributed by atoms with Crippen LogP contribution in [-0.2, 0) is 18.3 Å². The zero-order chi connectivity index (χ0) is 37.2. The number of Topliss-reactive ketones (excluding diaryl/α,β-unsaturated/α-hetero) is 3. The van der Waals surface area contributed by atoms with Crippen molar-refractivity contribution in [3.8, 4) is 11.1 Å². The number of rotatable bonds is 16. The summed E-state index contributed by atoms with van der Waals surface area (Å²) in [6.07, 6.45) is 2.98. The molecule has 0 unspecified atom stereocenters. The molecule has 0 aliphatic heterocycles. The maximum absolute atomic E-state index is 13.8. The van der Waals surface area contributed by atoms with E-state index in [1.807, 2.05) is 96.1 Å². The van der Waals surface area contributed by atoms with Gasteiger partial charge in [-0.25, -0.2) is 0 Å². The van der Waals surface area contributed by atoms with Crippen LogP contribution < -0.4 is 0 Å². The van der Waals surface area contributed by atoms with E-state index < -0.39 is 22.2 Å². The molecular formula is C45H52O6. The predicted octanol–water partition coefficient (Wildman–Crippen LogP) is 8.64. The Morgan fingerprint density at radius 3 is 1.24 bits per heavy atom. The molecule has 0 aromatic heterocycles. The van der Waals surface area contributed by atoms with Gasteiger partial charge in [0.25, 0.3) is 0 Å². The molecule has 0 bridgehead atoms. The van der Waals surface area contributed by atoms with Gasteiger partial charge in [0, 0.05) is 22.1 Å². The summed E-state index contributed by atoms with van der Waals surface area (Å²) in [6, 6.07) is 29.0. The van der Waals surface area contributed by atoms with Crippen LogP contribution in [0.25, 0.3) is 11.1 Å². The van der Waals surface area contributed by atoms with Crippen LogP contribution in [0.2, 0.25) is 0 Å². The summed E-state index contributed by atoms with van der Waals surface area (Å²) in [5.74, 6) is -0.884. The Hall–Kier alpha value is -4.23. The van der Waals surface area contributed by atoms with E-state index in [1.165, 1.54) is 0 Å². The number of fused-ring (bicyclic) bond motifs is 3. The molecule has 6 heteroatoms. The average molecular weight is 689 g/mol. The normalized spacial score (nSPS) is 13.8. The molecule has 0 fully saturated rings. The second-order valence-electron chi connectivity index (χ2n) is 14.3. The van der Waals surface area contributed by atoms with Gasteiger partial charge in [-0.2, -0.15) is 0 Å². The molecule has 0 spiro atoms. The zero-order valence-electron chi connectivity index (χ0n) is 30.9. The third kappa shape index (κ3) is 6.77. The summed E-state index contributed by atoms with van der Waals surface area (Å²) < 4.78 is 0. The largest absolute Gasteiger partial charge is 0.382 e. The van der Waals surface area contributed by atoms with E-state index in [0.29, 0.717) is 68.1 Å². The van der Waals surface area contributed by atoms with Gasteiger partial charge >= 0.3 is 0 Å². The SMILES string of the molecule is CCC(O)(CC)C(=O)c1ccc(CC2(Cc3ccc(C(=O)C(O)(CC)CC)cc3)c3ccccc3-c3ccc(C(=O)C(O)(CC)CC)cc32)cc1. The van der Waals surface area contributed by atoms with Crippen molar-refractivity contribution >= 4 is 17.3 Å². The summed E-state index contributed by atoms with van der Waals surface area (Å²) >= 11 is 0. The van der Waals surface area contributed by atoms with E-state index in [9.17, 15) is 29.7 Å². The number of carbonyl (C=O) groups excluding carboxylic acids is 3. The van der Waals surface area contributed by atoms with Crippen molar-refractivity contribution in [1.29, 1.82) is 0 Å². The lowest BCUT2D eigenvalue weighted by molar-refractivity contribution is 0.0277. The molecule has 1 aliphatic rings. The topological polar surface area (TPSA) is 112 Å². The molecule has 0 heterocycles. The quantitative estimate of drug-likeness (QED) is 0.102. The second-order valence-corrected chi connectivity index (χ2v) is 14.3. The smallest absolute Gasteiger partial charge is 0.194 e. The van der Waals surface area contributed by atoms with Crippen molar-refractivity contribution in [2.75, 3.05) is 0 Å². The van der Waals surface area contributed by atoms with Gasteiger partial charge in [0.1, 0.15) is 16.8 Å². The number of hydrogen-bond acceptors (Lipinski definition) is 6. The van der Waals surface area contributed by atoms with Gasteiger partial charge in [-0.3, -0.25) is 14.4 Å². The van der Waals surface area contributed by atoms with E-state index in [-0.39, 0.29) is 17.3 Å². The third-order valence-corrected chi connectivity index (χ3v) is 11.8. The van der Waals surface area contributed by atoms with Gasteiger partial charge in [-0.1, -0.05) is 126 Å². The van der Waals surface area contributed by atoms with Crippen molar-refractivity contribution in [3.05, 3.63) is 130 Å². The van der Waals surface area contributed by atoms with Crippen LogP contribution >= 0.6 is 0 Å². The van der Waals surface area contributed by atoms with Crippen LogP contribution in [0.4, 0.5) is 0 Å². The van der Waals surface area contributed by atoms with E-state index in [2.05, 4.69) is 12.1 Å². The van der Waals surface area contributed by atoms with Crippen LogP contribution in [0, 0.1) is 0 Å². The van der Waals surface area contributed by atoms with Crippen LogP contribution in [-0.4, -0.2) is 49.5 Å². The fraction of sp³-hybridized carbons (Fsp3) is 0.400. The lowest BCUT2D eigenvalue weighted by Gasteiger charge is -2.34. The zero-order valence-corrected chi connectivity index (χ0v) is 30.9. The highest BCUT2D eigenvalue weighted by Gasteiger charge is 2.45. The predicted molar refractivity (Wildman–Crippen MR) is 203 cm³/mol. The Morgan fingerprint density at radius 1 is 0.471 bits per heavy atom. The maximum Gasteiger partial charge on any atom is 0.194 e. The average Bonchev–Trinajstić information content (AvgIpc) is 3.44. The Bertz CT molecular complexity index is 1810. The fourth-order valence-corrected chi connectivity index (χ4v) is 7.80. The van der Waals surface area contributed by atoms with Gasteiger partial charge in [0.05, 0.1) is 0 Å². The van der Waals surface area contributed by atoms with Crippen LogP contribution in [0.3, 0.4) is 0 Å². The molecule has 4 aromatic carbocycles. The third-order valence-electron chi connectivity index (χ3n) is 11.8. The van der Waals surface area contributed by atoms with Crippen LogP contribution in [0.15, 0.2) is 91.0 Å². The lowest BCUT2D eigenvalue weighted by atomic mass is 9.69. The molecule has 1 aliphatic carbocycles. The molecule has 0 saturated carbocycles. The highest BCUT2D eigenvalue weighted by Crippen LogP contribution is 2.53. The van der Waals surface area contributed by atoms with Gasteiger partial charge in [0.2, 0.25) is 0 Å². The number of carbonyl (C=O) groups is 3. The first-order valence-corrected chi connectivity index (χ1v) is 18.5. The molecule has 5 rings (SSSR count). The van der Waals surface area contributed by atoms with Crippen molar-refractivity contribution in [3.63, 3.8) is 0 Å². The fourth-order valence-electron chi connectivity index (χ4n) is 7.80. The van der Waals surface area contributed by atoms with E-state index in [0.717, 1.165) is 33.4 Å². The van der Waals surface area contributed by atoms with E-state index in [4.69, 9.17) is 0 Å². The molecule has 6 nitrogen and oxygen atoms in total.